The van der Waals surface area contributed by atoms with Crippen molar-refractivity contribution in [3.05, 3.63) is 59.7 Å². The largest absolute Gasteiger partial charge is 0.449 e. The van der Waals surface area contributed by atoms with E-state index in [2.05, 4.69) is 34.9 Å². The van der Waals surface area contributed by atoms with E-state index < -0.39 is 6.09 Å². The Morgan fingerprint density at radius 1 is 0.453 bits per heavy atom. The highest BCUT2D eigenvalue weighted by Gasteiger charge is 2.29. The summed E-state index contributed by atoms with van der Waals surface area (Å²) in [5.74, 6) is 0.0471. The fourth-order valence-corrected chi connectivity index (χ4v) is 6.77. The minimum Gasteiger partial charge on any atom is -0.449 e. The molecule has 2 aliphatic rings. The van der Waals surface area contributed by atoms with Crippen LogP contribution in [0.5, 0.6) is 0 Å². The second-order valence-corrected chi connectivity index (χ2v) is 14.8. The van der Waals surface area contributed by atoms with E-state index in [0.29, 0.717) is 191 Å². The smallest absolute Gasteiger partial charge is 0.407 e. The van der Waals surface area contributed by atoms with Crippen LogP contribution >= 0.6 is 0 Å². The predicted octanol–water partition coefficient (Wildman–Crippen LogP) is 3.88. The first-order chi connectivity index (χ1) is 31.8. The van der Waals surface area contributed by atoms with Gasteiger partial charge in [-0.3, -0.25) is 0 Å². The summed E-state index contributed by atoms with van der Waals surface area (Å²) in [6.45, 7) is 15.6. The van der Waals surface area contributed by atoms with Crippen molar-refractivity contribution in [2.45, 2.75) is 31.3 Å². The van der Waals surface area contributed by atoms with E-state index in [4.69, 9.17) is 66.3 Å². The zero-order valence-electron chi connectivity index (χ0n) is 38.0. The number of rotatable bonds is 43. The van der Waals surface area contributed by atoms with Crippen LogP contribution in [0.4, 0.5) is 4.79 Å². The van der Waals surface area contributed by atoms with Crippen LogP contribution in [0.3, 0.4) is 0 Å². The van der Waals surface area contributed by atoms with Crippen molar-refractivity contribution in [3.63, 3.8) is 0 Å². The van der Waals surface area contributed by atoms with Crippen molar-refractivity contribution < 1.29 is 71.1 Å². The van der Waals surface area contributed by atoms with Crippen LogP contribution in [0, 0.1) is 0 Å². The molecule has 364 valence electrons. The molecular weight excluding hydrogens is 833 g/mol. The van der Waals surface area contributed by atoms with Gasteiger partial charge in [-0.1, -0.05) is 48.5 Å². The molecule has 2 aromatic carbocycles. The first kappa shape index (κ1) is 53.8. The van der Waals surface area contributed by atoms with Crippen LogP contribution in [-0.4, -0.2) is 204 Å². The van der Waals surface area contributed by atoms with E-state index in [1.165, 1.54) is 22.3 Å². The van der Waals surface area contributed by atoms with E-state index in [9.17, 15) is 4.79 Å². The summed E-state index contributed by atoms with van der Waals surface area (Å²) in [6.07, 6.45) is 2.78. The predicted molar refractivity (Wildman–Crippen MR) is 239 cm³/mol. The highest BCUT2D eigenvalue weighted by molar-refractivity contribution is 5.79. The van der Waals surface area contributed by atoms with Gasteiger partial charge in [0.15, 0.2) is 0 Å². The number of alkyl carbamates (subject to hydrolysis) is 1. The third kappa shape index (κ3) is 25.7. The molecule has 0 unspecified atom stereocenters. The van der Waals surface area contributed by atoms with Gasteiger partial charge in [0, 0.05) is 19.1 Å². The number of nitrogens with one attached hydrogen (secondary N) is 2. The van der Waals surface area contributed by atoms with Crippen LogP contribution in [0.25, 0.3) is 11.1 Å². The molecule has 1 fully saturated rings. The van der Waals surface area contributed by atoms with Crippen LogP contribution in [0.1, 0.15) is 36.3 Å². The topological polar surface area (TPSA) is 170 Å². The molecular formula is C47H76N2O15. The summed E-state index contributed by atoms with van der Waals surface area (Å²) in [5, 5.41) is 6.14. The van der Waals surface area contributed by atoms with Crippen LogP contribution < -0.4 is 10.6 Å². The average Bonchev–Trinajstić information content (AvgIpc) is 3.65. The molecule has 4 rings (SSSR count). The molecule has 0 atom stereocenters. The van der Waals surface area contributed by atoms with Crippen LogP contribution in [-0.2, 0) is 66.3 Å². The van der Waals surface area contributed by atoms with Gasteiger partial charge >= 0.3 is 6.09 Å². The van der Waals surface area contributed by atoms with E-state index >= 15 is 0 Å². The second kappa shape index (κ2) is 38.3. The highest BCUT2D eigenvalue weighted by atomic mass is 16.6. The quantitative estimate of drug-likeness (QED) is 0.0919. The summed E-state index contributed by atoms with van der Waals surface area (Å²) < 4.78 is 77.7. The Labute approximate surface area is 380 Å². The maximum absolute atomic E-state index is 12.3. The first-order valence-electron chi connectivity index (χ1n) is 23.2. The van der Waals surface area contributed by atoms with Gasteiger partial charge in [0.2, 0.25) is 0 Å². The van der Waals surface area contributed by atoms with Crippen molar-refractivity contribution in [2.24, 2.45) is 0 Å². The zero-order valence-corrected chi connectivity index (χ0v) is 38.0. The Morgan fingerprint density at radius 2 is 0.781 bits per heavy atom. The lowest BCUT2D eigenvalue weighted by molar-refractivity contribution is -0.0327. The van der Waals surface area contributed by atoms with Crippen LogP contribution in [0.15, 0.2) is 48.5 Å². The number of carbonyl (C=O) groups is 1. The molecule has 0 aromatic heterocycles. The van der Waals surface area contributed by atoms with E-state index in [1.807, 2.05) is 24.3 Å². The van der Waals surface area contributed by atoms with Gasteiger partial charge in [-0.05, 0) is 54.6 Å². The lowest BCUT2D eigenvalue weighted by atomic mass is 9.98. The molecule has 0 bridgehead atoms. The number of amides is 1. The summed E-state index contributed by atoms with van der Waals surface area (Å²) >= 11 is 0. The Hall–Kier alpha value is -2.85. The van der Waals surface area contributed by atoms with Crippen molar-refractivity contribution in [2.75, 3.05) is 191 Å². The number of piperidine rings is 1. The minimum absolute atomic E-state index is 0.0471. The fourth-order valence-electron chi connectivity index (χ4n) is 6.77. The molecule has 1 aliphatic carbocycles. The normalized spacial score (nSPS) is 13.9. The van der Waals surface area contributed by atoms with Crippen molar-refractivity contribution in [3.8, 4) is 11.1 Å². The number of hydrogen-bond acceptors (Lipinski definition) is 16. The number of hydrogen-bond donors (Lipinski definition) is 2. The van der Waals surface area contributed by atoms with Crippen molar-refractivity contribution in [1.29, 1.82) is 0 Å². The molecule has 1 saturated heterocycles. The third-order valence-corrected chi connectivity index (χ3v) is 10.0. The Bertz CT molecular complexity index is 1360. The molecule has 1 heterocycles. The molecule has 1 aliphatic heterocycles. The van der Waals surface area contributed by atoms with Crippen molar-refractivity contribution >= 4 is 6.09 Å². The van der Waals surface area contributed by atoms with Gasteiger partial charge in [0.25, 0.3) is 0 Å². The first-order valence-corrected chi connectivity index (χ1v) is 23.2. The van der Waals surface area contributed by atoms with E-state index in [-0.39, 0.29) is 5.92 Å². The lowest BCUT2D eigenvalue weighted by Gasteiger charge is -2.22. The summed E-state index contributed by atoms with van der Waals surface area (Å²) in [7, 11) is 0. The average molecular weight is 909 g/mol. The standard InChI is InChI=1S/C47H76N2O15/c50-47(64-40-46-44-8-3-1-6-42(44)43-7-2-4-9-45(43)46)49-12-5-15-51-16-17-52-18-19-53-20-21-54-22-23-55-24-25-56-26-27-57-28-29-58-30-31-59-32-33-60-34-35-61-36-37-62-38-39-63-41-10-13-48-14-11-41/h1-4,6-9,41,46,48H,5,10-40H2,(H,49,50). The molecule has 1 amide bonds. The molecule has 0 spiro atoms. The molecule has 17 heteroatoms. The maximum atomic E-state index is 12.3. The van der Waals surface area contributed by atoms with Gasteiger partial charge in [-0.15, -0.1) is 0 Å². The lowest BCUT2D eigenvalue weighted by Crippen LogP contribution is -2.33. The Kier molecular flexibility index (Phi) is 32.2. The summed E-state index contributed by atoms with van der Waals surface area (Å²) in [4.78, 5) is 12.3. The number of benzene rings is 2. The fraction of sp³-hybridized carbons (Fsp3) is 0.723. The summed E-state index contributed by atoms with van der Waals surface area (Å²) in [5.41, 5.74) is 4.80. The van der Waals surface area contributed by atoms with Crippen molar-refractivity contribution in [1.82, 2.24) is 10.6 Å². The van der Waals surface area contributed by atoms with Gasteiger partial charge in [0.05, 0.1) is 165 Å². The molecule has 0 saturated carbocycles. The monoisotopic (exact) mass is 909 g/mol. The zero-order chi connectivity index (χ0) is 44.6. The van der Waals surface area contributed by atoms with Gasteiger partial charge in [-0.2, -0.15) is 0 Å². The molecule has 64 heavy (non-hydrogen) atoms. The molecule has 17 nitrogen and oxygen atoms in total. The van der Waals surface area contributed by atoms with E-state index in [1.54, 1.807) is 0 Å². The molecule has 2 N–H and O–H groups in total. The van der Waals surface area contributed by atoms with Crippen LogP contribution in [0.2, 0.25) is 0 Å². The van der Waals surface area contributed by atoms with E-state index in [0.717, 1.165) is 25.9 Å². The third-order valence-electron chi connectivity index (χ3n) is 10.0. The van der Waals surface area contributed by atoms with Gasteiger partial charge < -0.3 is 76.9 Å². The SMILES string of the molecule is O=C(NCCCOCCOCCOCCOCCOCCOCCOCCOCCOCCOCCOCCOCCOC1CCNCC1)OCC1c2ccccc2-c2ccccc21. The van der Waals surface area contributed by atoms with Gasteiger partial charge in [0.1, 0.15) is 6.61 Å². The number of fused-ring (bicyclic) bond motifs is 3. The highest BCUT2D eigenvalue weighted by Crippen LogP contribution is 2.44. The second-order valence-electron chi connectivity index (χ2n) is 14.8. The maximum Gasteiger partial charge on any atom is 0.407 e. The van der Waals surface area contributed by atoms with Gasteiger partial charge in [-0.25, -0.2) is 4.79 Å². The summed E-state index contributed by atoms with van der Waals surface area (Å²) in [6, 6.07) is 16.6. The Morgan fingerprint density at radius 3 is 1.16 bits per heavy atom. The number of ether oxygens (including phenoxy) is 14. The minimum atomic E-state index is -0.416. The molecule has 0 radical (unpaired) electrons. The number of carbonyl (C=O) groups excluding carboxylic acids is 1. The Balaban J connectivity index is 0.747. The molecule has 2 aromatic rings.